The first-order chi connectivity index (χ1) is 14.1. The second-order valence-electron chi connectivity index (χ2n) is 8.11. The molecule has 1 fully saturated rings. The van der Waals surface area contributed by atoms with Crippen molar-refractivity contribution in [3.8, 4) is 0 Å². The Morgan fingerprint density at radius 3 is 2.55 bits per heavy atom. The molecular formula is C24H27N3O2. The molecule has 4 rings (SSSR count). The van der Waals surface area contributed by atoms with Crippen molar-refractivity contribution >= 4 is 17.3 Å². The van der Waals surface area contributed by atoms with Crippen LogP contribution in [0.1, 0.15) is 49.3 Å². The molecule has 29 heavy (non-hydrogen) atoms. The van der Waals surface area contributed by atoms with Gasteiger partial charge in [-0.25, -0.2) is 4.85 Å². The summed E-state index contributed by atoms with van der Waals surface area (Å²) in [6.07, 6.45) is 4.02. The molecule has 2 aromatic rings. The van der Waals surface area contributed by atoms with Gasteiger partial charge in [-0.1, -0.05) is 61.7 Å². The first kappa shape index (κ1) is 19.6. The van der Waals surface area contributed by atoms with E-state index in [1.54, 1.807) is 13.1 Å². The lowest BCUT2D eigenvalue weighted by Gasteiger charge is -2.36. The molecule has 0 radical (unpaired) electrons. The van der Waals surface area contributed by atoms with E-state index >= 15 is 0 Å². The highest BCUT2D eigenvalue weighted by Crippen LogP contribution is 2.53. The number of fused-ring (bicyclic) bond motifs is 2. The summed E-state index contributed by atoms with van der Waals surface area (Å²) in [7, 11) is 1.80. The fraction of sp³-hybridized carbons (Fsp3) is 0.417. The van der Waals surface area contributed by atoms with E-state index in [-0.39, 0.29) is 5.91 Å². The van der Waals surface area contributed by atoms with E-state index in [0.717, 1.165) is 48.9 Å². The monoisotopic (exact) mass is 389 g/mol. The molecule has 1 spiro atoms. The van der Waals surface area contributed by atoms with Gasteiger partial charge in [-0.2, -0.15) is 0 Å². The highest BCUT2D eigenvalue weighted by Gasteiger charge is 2.53. The number of hydrogen-bond donors (Lipinski definition) is 2. The second kappa shape index (κ2) is 7.98. The lowest BCUT2D eigenvalue weighted by Crippen LogP contribution is -2.47. The van der Waals surface area contributed by atoms with Gasteiger partial charge in [-0.05, 0) is 37.1 Å². The van der Waals surface area contributed by atoms with Gasteiger partial charge in [0.15, 0.2) is 5.69 Å². The number of aliphatic hydroxyl groups excluding tert-OH is 1. The number of aliphatic hydroxyl groups is 1. The fourth-order valence-corrected chi connectivity index (χ4v) is 5.07. The number of amides is 1. The van der Waals surface area contributed by atoms with Gasteiger partial charge in [0, 0.05) is 12.2 Å². The molecule has 1 aliphatic carbocycles. The molecule has 0 saturated heterocycles. The van der Waals surface area contributed by atoms with Crippen LogP contribution in [0, 0.1) is 6.57 Å². The SMILES string of the molecule is [C-]#[N+]c1ccc2c(c1)C1(CCCCC1)C(=O)N2[C@@H](c1ccccc1)[C@H](O)CNC. The van der Waals surface area contributed by atoms with Crippen LogP contribution in [0.15, 0.2) is 48.5 Å². The van der Waals surface area contributed by atoms with Crippen molar-refractivity contribution in [2.24, 2.45) is 0 Å². The van der Waals surface area contributed by atoms with Gasteiger partial charge in [-0.15, -0.1) is 0 Å². The van der Waals surface area contributed by atoms with Gasteiger partial charge < -0.3 is 15.3 Å². The molecule has 1 aliphatic heterocycles. The molecule has 1 heterocycles. The topological polar surface area (TPSA) is 56.9 Å². The number of nitrogens with zero attached hydrogens (tertiary/aromatic N) is 2. The third-order valence-corrected chi connectivity index (χ3v) is 6.42. The zero-order valence-electron chi connectivity index (χ0n) is 16.8. The molecule has 2 atom stereocenters. The minimum absolute atomic E-state index is 0.0679. The van der Waals surface area contributed by atoms with Crippen LogP contribution in [0.25, 0.3) is 4.85 Å². The van der Waals surface area contributed by atoms with Crippen molar-refractivity contribution in [2.75, 3.05) is 18.5 Å². The van der Waals surface area contributed by atoms with E-state index in [1.807, 2.05) is 47.4 Å². The summed E-state index contributed by atoms with van der Waals surface area (Å²) in [6.45, 7) is 7.81. The number of likely N-dealkylation sites (N-methyl/N-ethyl adjacent to an activating group) is 1. The summed E-state index contributed by atoms with van der Waals surface area (Å²) in [5, 5.41) is 14.1. The van der Waals surface area contributed by atoms with Crippen LogP contribution in [0.3, 0.4) is 0 Å². The number of carbonyl (C=O) groups is 1. The van der Waals surface area contributed by atoms with E-state index in [4.69, 9.17) is 6.57 Å². The summed E-state index contributed by atoms with van der Waals surface area (Å²) in [5.74, 6) is 0.0679. The average Bonchev–Trinajstić information content (AvgIpc) is 2.98. The molecule has 2 aromatic carbocycles. The smallest absolute Gasteiger partial charge is 0.238 e. The highest BCUT2D eigenvalue weighted by atomic mass is 16.3. The summed E-state index contributed by atoms with van der Waals surface area (Å²) < 4.78 is 0. The maximum absolute atomic E-state index is 14.0. The summed E-state index contributed by atoms with van der Waals surface area (Å²) in [6, 6.07) is 14.9. The number of hydrogen-bond acceptors (Lipinski definition) is 3. The van der Waals surface area contributed by atoms with Gasteiger partial charge in [0.1, 0.15) is 0 Å². The number of rotatable bonds is 5. The van der Waals surface area contributed by atoms with E-state index in [2.05, 4.69) is 10.2 Å². The zero-order chi connectivity index (χ0) is 20.4. The normalized spacial score (nSPS) is 19.6. The molecule has 5 heteroatoms. The predicted molar refractivity (Wildman–Crippen MR) is 114 cm³/mol. The Morgan fingerprint density at radius 2 is 1.90 bits per heavy atom. The second-order valence-corrected chi connectivity index (χ2v) is 8.11. The number of benzene rings is 2. The molecule has 2 N–H and O–H groups in total. The van der Waals surface area contributed by atoms with Crippen molar-refractivity contribution < 1.29 is 9.90 Å². The van der Waals surface area contributed by atoms with E-state index < -0.39 is 17.6 Å². The van der Waals surface area contributed by atoms with Crippen LogP contribution < -0.4 is 10.2 Å². The third-order valence-electron chi connectivity index (χ3n) is 6.42. The van der Waals surface area contributed by atoms with Gasteiger partial charge in [0.2, 0.25) is 5.91 Å². The Balaban J connectivity index is 1.88. The lowest BCUT2D eigenvalue weighted by molar-refractivity contribution is -0.125. The molecule has 2 aliphatic rings. The molecule has 0 aromatic heterocycles. The van der Waals surface area contributed by atoms with Crippen molar-refractivity contribution in [2.45, 2.75) is 49.7 Å². The Kier molecular flexibility index (Phi) is 5.40. The molecule has 0 unspecified atom stereocenters. The largest absolute Gasteiger partial charge is 0.389 e. The molecule has 0 bridgehead atoms. The number of carbonyl (C=O) groups excluding carboxylic acids is 1. The van der Waals surface area contributed by atoms with Crippen molar-refractivity contribution in [3.63, 3.8) is 0 Å². The van der Waals surface area contributed by atoms with E-state index in [0.29, 0.717) is 12.2 Å². The van der Waals surface area contributed by atoms with E-state index in [1.165, 1.54) is 0 Å². The summed E-state index contributed by atoms with van der Waals surface area (Å²) in [4.78, 5) is 19.4. The Morgan fingerprint density at radius 1 is 1.17 bits per heavy atom. The minimum Gasteiger partial charge on any atom is -0.389 e. The standard InChI is InChI=1S/C24H27N3O2/c1-25-16-21(28)22(17-9-5-3-6-10-17)27-20-12-11-18(26-2)15-19(20)24(23(27)29)13-7-4-8-14-24/h3,5-6,9-12,15,21-22,25,28H,4,7-8,13-14,16H2,1H3/t21-,22+/m1/s1. The first-order valence-electron chi connectivity index (χ1n) is 10.4. The summed E-state index contributed by atoms with van der Waals surface area (Å²) in [5.41, 5.74) is 2.72. The molecule has 1 amide bonds. The van der Waals surface area contributed by atoms with Gasteiger partial charge in [-0.3, -0.25) is 4.79 Å². The fourth-order valence-electron chi connectivity index (χ4n) is 5.07. The van der Waals surface area contributed by atoms with Crippen LogP contribution in [-0.2, 0) is 10.2 Å². The predicted octanol–water partition coefficient (Wildman–Crippen LogP) is 4.11. The van der Waals surface area contributed by atoms with Crippen LogP contribution in [-0.4, -0.2) is 30.7 Å². The average molecular weight is 389 g/mol. The lowest BCUT2D eigenvalue weighted by atomic mass is 9.70. The molecule has 1 saturated carbocycles. The van der Waals surface area contributed by atoms with Gasteiger partial charge in [0.25, 0.3) is 0 Å². The highest BCUT2D eigenvalue weighted by molar-refractivity contribution is 6.09. The van der Waals surface area contributed by atoms with Crippen LogP contribution >= 0.6 is 0 Å². The molecule has 5 nitrogen and oxygen atoms in total. The zero-order valence-corrected chi connectivity index (χ0v) is 16.8. The van der Waals surface area contributed by atoms with E-state index in [9.17, 15) is 9.90 Å². The van der Waals surface area contributed by atoms with Crippen molar-refractivity contribution in [3.05, 3.63) is 71.1 Å². The van der Waals surface area contributed by atoms with Crippen molar-refractivity contribution in [1.82, 2.24) is 5.32 Å². The first-order valence-corrected chi connectivity index (χ1v) is 10.4. The third kappa shape index (κ3) is 3.23. The Hall–Kier alpha value is -2.68. The summed E-state index contributed by atoms with van der Waals surface area (Å²) >= 11 is 0. The van der Waals surface area contributed by atoms with Crippen LogP contribution in [0.4, 0.5) is 11.4 Å². The van der Waals surface area contributed by atoms with Crippen LogP contribution in [0.2, 0.25) is 0 Å². The van der Waals surface area contributed by atoms with Gasteiger partial charge >= 0.3 is 0 Å². The maximum atomic E-state index is 14.0. The quantitative estimate of drug-likeness (QED) is 0.757. The molecule has 150 valence electrons. The Bertz CT molecular complexity index is 929. The molecular weight excluding hydrogens is 362 g/mol. The minimum atomic E-state index is -0.751. The van der Waals surface area contributed by atoms with Crippen molar-refractivity contribution in [1.29, 1.82) is 0 Å². The maximum Gasteiger partial charge on any atom is 0.238 e. The number of anilines is 1. The number of nitrogens with one attached hydrogen (secondary N) is 1. The Labute approximate surface area is 172 Å². The van der Waals surface area contributed by atoms with Crippen LogP contribution in [0.5, 0.6) is 0 Å². The van der Waals surface area contributed by atoms with Gasteiger partial charge in [0.05, 0.1) is 24.1 Å².